The molecule has 0 aromatic heterocycles. The Balaban J connectivity index is 2.16. The third kappa shape index (κ3) is 3.11. The molecule has 92 valence electrons. The molecule has 1 amide bonds. The van der Waals surface area contributed by atoms with Crippen LogP contribution in [0.4, 0.5) is 0 Å². The van der Waals surface area contributed by atoms with Crippen LogP contribution in [0.1, 0.15) is 23.2 Å². The SMILES string of the molecule is NC(=O)c1cc(Cl)ccc1O[C@H]1CCCNC1. The van der Waals surface area contributed by atoms with E-state index in [4.69, 9.17) is 22.1 Å². The van der Waals surface area contributed by atoms with Gasteiger partial charge in [-0.25, -0.2) is 0 Å². The summed E-state index contributed by atoms with van der Waals surface area (Å²) >= 11 is 5.83. The fraction of sp³-hybridized carbons (Fsp3) is 0.417. The number of nitrogens with one attached hydrogen (secondary N) is 1. The molecule has 4 nitrogen and oxygen atoms in total. The van der Waals surface area contributed by atoms with E-state index in [9.17, 15) is 4.79 Å². The van der Waals surface area contributed by atoms with Gasteiger partial charge in [0.15, 0.2) is 0 Å². The second kappa shape index (κ2) is 5.38. The lowest BCUT2D eigenvalue weighted by Gasteiger charge is -2.24. The minimum atomic E-state index is -0.522. The van der Waals surface area contributed by atoms with E-state index in [1.807, 2.05) is 0 Å². The van der Waals surface area contributed by atoms with Crippen LogP contribution in [0.5, 0.6) is 5.75 Å². The number of piperidine rings is 1. The van der Waals surface area contributed by atoms with Gasteiger partial charge in [0.25, 0.3) is 5.91 Å². The number of primary amides is 1. The fourth-order valence-corrected chi connectivity index (χ4v) is 2.07. The summed E-state index contributed by atoms with van der Waals surface area (Å²) in [5.41, 5.74) is 5.63. The molecule has 2 rings (SSSR count). The van der Waals surface area contributed by atoms with Crippen LogP contribution >= 0.6 is 11.6 Å². The minimum Gasteiger partial charge on any atom is -0.488 e. The first-order chi connectivity index (χ1) is 8.16. The average molecular weight is 255 g/mol. The van der Waals surface area contributed by atoms with E-state index in [-0.39, 0.29) is 6.10 Å². The van der Waals surface area contributed by atoms with E-state index in [1.165, 1.54) is 6.07 Å². The van der Waals surface area contributed by atoms with E-state index < -0.39 is 5.91 Å². The number of nitrogens with two attached hydrogens (primary N) is 1. The zero-order valence-corrected chi connectivity index (χ0v) is 10.2. The van der Waals surface area contributed by atoms with Gasteiger partial charge in [-0.15, -0.1) is 0 Å². The lowest BCUT2D eigenvalue weighted by atomic mass is 10.1. The molecule has 1 atom stereocenters. The molecule has 0 bridgehead atoms. The Labute approximate surface area is 105 Å². The predicted octanol–water partition coefficient (Wildman–Crippen LogP) is 1.57. The van der Waals surface area contributed by atoms with E-state index in [2.05, 4.69) is 5.32 Å². The number of benzene rings is 1. The molecule has 1 aliphatic heterocycles. The van der Waals surface area contributed by atoms with Crippen LogP contribution in [0.15, 0.2) is 18.2 Å². The van der Waals surface area contributed by atoms with Gasteiger partial charge in [-0.3, -0.25) is 4.79 Å². The number of halogens is 1. The van der Waals surface area contributed by atoms with Crippen molar-refractivity contribution in [1.82, 2.24) is 5.32 Å². The highest BCUT2D eigenvalue weighted by Crippen LogP contribution is 2.24. The molecule has 1 heterocycles. The Hall–Kier alpha value is -1.26. The summed E-state index contributed by atoms with van der Waals surface area (Å²) in [5, 5.41) is 3.73. The number of hydrogen-bond acceptors (Lipinski definition) is 3. The topological polar surface area (TPSA) is 64.4 Å². The number of ether oxygens (including phenoxy) is 1. The van der Waals surface area contributed by atoms with Crippen molar-refractivity contribution in [3.05, 3.63) is 28.8 Å². The molecule has 1 fully saturated rings. The Bertz CT molecular complexity index is 417. The second-order valence-corrected chi connectivity index (χ2v) is 4.53. The van der Waals surface area contributed by atoms with Crippen LogP contribution in [-0.2, 0) is 0 Å². The molecule has 1 saturated heterocycles. The first-order valence-corrected chi connectivity index (χ1v) is 6.01. The Kier molecular flexibility index (Phi) is 3.86. The van der Waals surface area contributed by atoms with Crippen molar-refractivity contribution in [1.29, 1.82) is 0 Å². The van der Waals surface area contributed by atoms with Crippen molar-refractivity contribution >= 4 is 17.5 Å². The number of carbonyl (C=O) groups is 1. The van der Waals surface area contributed by atoms with Gasteiger partial charge in [0.1, 0.15) is 11.9 Å². The van der Waals surface area contributed by atoms with Gasteiger partial charge < -0.3 is 15.8 Å². The maximum atomic E-state index is 11.3. The zero-order valence-electron chi connectivity index (χ0n) is 9.41. The average Bonchev–Trinajstić information content (AvgIpc) is 2.32. The number of carbonyl (C=O) groups excluding carboxylic acids is 1. The maximum absolute atomic E-state index is 11.3. The summed E-state index contributed by atoms with van der Waals surface area (Å²) in [4.78, 5) is 11.3. The van der Waals surface area contributed by atoms with Crippen molar-refractivity contribution in [2.45, 2.75) is 18.9 Å². The van der Waals surface area contributed by atoms with Gasteiger partial charge in [-0.1, -0.05) is 11.6 Å². The lowest BCUT2D eigenvalue weighted by Crippen LogP contribution is -2.37. The molecule has 3 N–H and O–H groups in total. The van der Waals surface area contributed by atoms with Crippen LogP contribution in [0.25, 0.3) is 0 Å². The van der Waals surface area contributed by atoms with Gasteiger partial charge >= 0.3 is 0 Å². The molecule has 1 aromatic rings. The highest BCUT2D eigenvalue weighted by molar-refractivity contribution is 6.31. The minimum absolute atomic E-state index is 0.0861. The molecule has 0 aliphatic carbocycles. The van der Waals surface area contributed by atoms with E-state index >= 15 is 0 Å². The number of amides is 1. The summed E-state index contributed by atoms with van der Waals surface area (Å²) in [7, 11) is 0. The standard InChI is InChI=1S/C12H15ClN2O2/c13-8-3-4-11(10(6-8)12(14)16)17-9-2-1-5-15-7-9/h3-4,6,9,15H,1-2,5,7H2,(H2,14,16)/t9-/m0/s1. The van der Waals surface area contributed by atoms with E-state index in [0.29, 0.717) is 16.3 Å². The van der Waals surface area contributed by atoms with Crippen molar-refractivity contribution in [2.24, 2.45) is 5.73 Å². The largest absolute Gasteiger partial charge is 0.488 e. The van der Waals surface area contributed by atoms with Crippen molar-refractivity contribution in [3.8, 4) is 5.75 Å². The highest BCUT2D eigenvalue weighted by Gasteiger charge is 2.17. The van der Waals surface area contributed by atoms with Gasteiger partial charge in [0.05, 0.1) is 5.56 Å². The number of hydrogen-bond donors (Lipinski definition) is 2. The van der Waals surface area contributed by atoms with Crippen LogP contribution in [0.2, 0.25) is 5.02 Å². The molecule has 5 heteroatoms. The van der Waals surface area contributed by atoms with Crippen LogP contribution < -0.4 is 15.8 Å². The molecular weight excluding hydrogens is 240 g/mol. The van der Waals surface area contributed by atoms with Gasteiger partial charge in [-0.2, -0.15) is 0 Å². The molecule has 0 unspecified atom stereocenters. The molecule has 1 aromatic carbocycles. The van der Waals surface area contributed by atoms with Crippen molar-refractivity contribution in [3.63, 3.8) is 0 Å². The molecule has 0 spiro atoms. The van der Waals surface area contributed by atoms with Gasteiger partial charge in [-0.05, 0) is 37.6 Å². The molecule has 1 aliphatic rings. The second-order valence-electron chi connectivity index (χ2n) is 4.09. The van der Waals surface area contributed by atoms with Gasteiger partial charge in [0, 0.05) is 11.6 Å². The normalized spacial score (nSPS) is 19.9. The molecule has 0 saturated carbocycles. The first kappa shape index (κ1) is 12.2. The third-order valence-corrected chi connectivity index (χ3v) is 2.99. The molecule has 17 heavy (non-hydrogen) atoms. The fourth-order valence-electron chi connectivity index (χ4n) is 1.90. The highest BCUT2D eigenvalue weighted by atomic mass is 35.5. The molecule has 0 radical (unpaired) electrons. The van der Waals surface area contributed by atoms with Crippen molar-refractivity contribution < 1.29 is 9.53 Å². The van der Waals surface area contributed by atoms with Crippen LogP contribution in [-0.4, -0.2) is 25.1 Å². The number of rotatable bonds is 3. The summed E-state index contributed by atoms with van der Waals surface area (Å²) in [5.74, 6) is -0.0122. The van der Waals surface area contributed by atoms with Crippen molar-refractivity contribution in [2.75, 3.05) is 13.1 Å². The summed E-state index contributed by atoms with van der Waals surface area (Å²) in [6.45, 7) is 1.81. The lowest BCUT2D eigenvalue weighted by molar-refractivity contribution is 0.0990. The zero-order chi connectivity index (χ0) is 12.3. The Morgan fingerprint density at radius 3 is 3.00 bits per heavy atom. The smallest absolute Gasteiger partial charge is 0.252 e. The summed E-state index contributed by atoms with van der Waals surface area (Å²) in [6, 6.07) is 4.92. The summed E-state index contributed by atoms with van der Waals surface area (Å²) < 4.78 is 5.78. The monoisotopic (exact) mass is 254 g/mol. The van der Waals surface area contributed by atoms with E-state index in [1.54, 1.807) is 12.1 Å². The predicted molar refractivity (Wildman–Crippen MR) is 66.5 cm³/mol. The van der Waals surface area contributed by atoms with Gasteiger partial charge in [0.2, 0.25) is 0 Å². The quantitative estimate of drug-likeness (QED) is 0.861. The Morgan fingerprint density at radius 2 is 2.35 bits per heavy atom. The maximum Gasteiger partial charge on any atom is 0.252 e. The Morgan fingerprint density at radius 1 is 1.53 bits per heavy atom. The van der Waals surface area contributed by atoms with Crippen LogP contribution in [0, 0.1) is 0 Å². The first-order valence-electron chi connectivity index (χ1n) is 5.63. The summed E-state index contributed by atoms with van der Waals surface area (Å²) in [6.07, 6.45) is 2.14. The van der Waals surface area contributed by atoms with E-state index in [0.717, 1.165) is 25.9 Å². The molecular formula is C12H15ClN2O2. The van der Waals surface area contributed by atoms with Crippen LogP contribution in [0.3, 0.4) is 0 Å². The third-order valence-electron chi connectivity index (χ3n) is 2.75.